The Balaban J connectivity index is 1.92. The molecule has 1 saturated carbocycles. The molecule has 3 N–H and O–H groups in total. The third kappa shape index (κ3) is 7.89. The Morgan fingerprint density at radius 3 is 2.29 bits per heavy atom. The van der Waals surface area contributed by atoms with Crippen LogP contribution in [0.3, 0.4) is 0 Å². The summed E-state index contributed by atoms with van der Waals surface area (Å²) in [6, 6.07) is 14.2. The number of aliphatic hydroxyl groups is 1. The average molecular weight is 544 g/mol. The zero-order valence-electron chi connectivity index (χ0n) is 21.7. The van der Waals surface area contributed by atoms with E-state index in [1.54, 1.807) is 0 Å². The molecule has 2 aromatic rings. The molecule has 0 aromatic heterocycles. The first-order valence-electron chi connectivity index (χ1n) is 12.8. The summed E-state index contributed by atoms with van der Waals surface area (Å²) >= 11 is 0. The summed E-state index contributed by atoms with van der Waals surface area (Å²) in [5.41, 5.74) is 1.30. The average Bonchev–Trinajstić information content (AvgIpc) is 3.39. The molecule has 206 valence electrons. The van der Waals surface area contributed by atoms with Gasteiger partial charge < -0.3 is 15.5 Å². The Kier molecular flexibility index (Phi) is 10.5. The molecule has 10 heteroatoms. The lowest BCUT2D eigenvalue weighted by atomic mass is 9.99. The van der Waals surface area contributed by atoms with Gasteiger partial charge in [0.25, 0.3) is 0 Å². The van der Waals surface area contributed by atoms with Crippen molar-refractivity contribution >= 4 is 27.7 Å². The molecule has 0 unspecified atom stereocenters. The fourth-order valence-corrected chi connectivity index (χ4v) is 6.48. The van der Waals surface area contributed by atoms with Crippen molar-refractivity contribution in [3.8, 4) is 0 Å². The summed E-state index contributed by atoms with van der Waals surface area (Å²) in [7, 11) is -4.02. The van der Waals surface area contributed by atoms with E-state index in [9.17, 15) is 28.2 Å². The van der Waals surface area contributed by atoms with Crippen LogP contribution >= 0.6 is 0 Å². The van der Waals surface area contributed by atoms with Gasteiger partial charge in [-0.05, 0) is 55.0 Å². The Bertz CT molecular complexity index is 1180. The van der Waals surface area contributed by atoms with Crippen molar-refractivity contribution in [2.75, 3.05) is 25.0 Å². The predicted octanol–water partition coefficient (Wildman–Crippen LogP) is 3.96. The van der Waals surface area contributed by atoms with Gasteiger partial charge >= 0.3 is 6.09 Å². The van der Waals surface area contributed by atoms with Crippen molar-refractivity contribution in [2.24, 2.45) is 5.92 Å². The number of sulfonamides is 1. The number of amides is 2. The van der Waals surface area contributed by atoms with Crippen molar-refractivity contribution < 1.29 is 28.2 Å². The van der Waals surface area contributed by atoms with Gasteiger partial charge in [0, 0.05) is 32.2 Å². The monoisotopic (exact) mass is 543 g/mol. The second kappa shape index (κ2) is 13.5. The maximum Gasteiger partial charge on any atom is 0.407 e. The van der Waals surface area contributed by atoms with Gasteiger partial charge in [0.05, 0.1) is 17.0 Å². The van der Waals surface area contributed by atoms with E-state index in [1.807, 2.05) is 30.3 Å². The summed E-state index contributed by atoms with van der Waals surface area (Å²) < 4.78 is 28.8. The quantitative estimate of drug-likeness (QED) is 0.328. The second-order valence-electron chi connectivity index (χ2n) is 9.73. The second-order valence-corrected chi connectivity index (χ2v) is 11.7. The molecule has 9 nitrogen and oxygen atoms in total. The van der Waals surface area contributed by atoms with Crippen LogP contribution in [0.1, 0.15) is 38.2 Å². The van der Waals surface area contributed by atoms with Gasteiger partial charge in [-0.15, -0.1) is 6.58 Å². The van der Waals surface area contributed by atoms with E-state index < -0.39 is 28.3 Å². The minimum Gasteiger partial charge on any atom is -0.465 e. The van der Waals surface area contributed by atoms with Crippen molar-refractivity contribution in [3.05, 3.63) is 72.8 Å². The molecule has 0 saturated heterocycles. The number of anilines is 1. The van der Waals surface area contributed by atoms with Crippen LogP contribution in [0.5, 0.6) is 0 Å². The molecular formula is C28H37N3O6S. The Morgan fingerprint density at radius 2 is 1.74 bits per heavy atom. The molecule has 0 heterocycles. The molecule has 2 atom stereocenters. The molecule has 3 rings (SSSR count). The maximum atomic E-state index is 13.8. The van der Waals surface area contributed by atoms with Gasteiger partial charge in [0.2, 0.25) is 15.9 Å². The molecule has 0 radical (unpaired) electrons. The van der Waals surface area contributed by atoms with E-state index >= 15 is 0 Å². The largest absolute Gasteiger partial charge is 0.465 e. The van der Waals surface area contributed by atoms with Crippen LogP contribution in [-0.4, -0.2) is 71.6 Å². The molecule has 38 heavy (non-hydrogen) atoms. The van der Waals surface area contributed by atoms with Crippen molar-refractivity contribution in [2.45, 2.75) is 56.1 Å². The van der Waals surface area contributed by atoms with Crippen molar-refractivity contribution in [1.82, 2.24) is 9.21 Å². The topological polar surface area (TPSA) is 127 Å². The smallest absolute Gasteiger partial charge is 0.407 e. The third-order valence-corrected chi connectivity index (χ3v) is 8.69. The number of carbonyl (C=O) groups excluding carboxylic acids is 1. The van der Waals surface area contributed by atoms with Crippen molar-refractivity contribution in [1.29, 1.82) is 0 Å². The first kappa shape index (κ1) is 29.3. The van der Waals surface area contributed by atoms with Crippen LogP contribution in [0.4, 0.5) is 10.5 Å². The molecule has 1 aliphatic carbocycles. The van der Waals surface area contributed by atoms with Gasteiger partial charge in [0.15, 0.2) is 0 Å². The van der Waals surface area contributed by atoms with E-state index in [0.717, 1.165) is 36.1 Å². The van der Waals surface area contributed by atoms with Gasteiger partial charge in [-0.2, -0.15) is 4.31 Å². The Labute approximate surface area is 224 Å². The number of hydrogen-bond donors (Lipinski definition) is 3. The predicted molar refractivity (Wildman–Crippen MR) is 146 cm³/mol. The minimum absolute atomic E-state index is 0.0100. The van der Waals surface area contributed by atoms with Gasteiger partial charge in [-0.25, -0.2) is 13.2 Å². The summed E-state index contributed by atoms with van der Waals surface area (Å²) in [6.45, 7) is 4.98. The fourth-order valence-electron chi connectivity index (χ4n) is 4.95. The fraction of sp³-hybridized carbons (Fsp3) is 0.429. The number of nitrogens with one attached hydrogen (secondary N) is 1. The molecule has 0 spiro atoms. The van der Waals surface area contributed by atoms with Crippen LogP contribution in [-0.2, 0) is 21.2 Å². The summed E-state index contributed by atoms with van der Waals surface area (Å²) in [5, 5.41) is 23.9. The van der Waals surface area contributed by atoms with E-state index in [1.165, 1.54) is 41.6 Å². The number of benzene rings is 2. The van der Waals surface area contributed by atoms with Gasteiger partial charge in [-0.3, -0.25) is 9.69 Å². The zero-order valence-corrected chi connectivity index (χ0v) is 22.5. The van der Waals surface area contributed by atoms with E-state index in [4.69, 9.17) is 0 Å². The number of nitrogens with zero attached hydrogens (tertiary/aromatic N) is 2. The van der Waals surface area contributed by atoms with Crippen LogP contribution in [0.25, 0.3) is 0 Å². The Morgan fingerprint density at radius 1 is 1.11 bits per heavy atom. The highest BCUT2D eigenvalue weighted by molar-refractivity contribution is 7.89. The summed E-state index contributed by atoms with van der Waals surface area (Å²) in [6.07, 6.45) is 2.99. The van der Waals surface area contributed by atoms with Crippen LogP contribution in [0.15, 0.2) is 72.1 Å². The molecular weight excluding hydrogens is 506 g/mol. The zero-order chi connectivity index (χ0) is 27.7. The molecule has 1 fully saturated rings. The first-order valence-corrected chi connectivity index (χ1v) is 14.3. The minimum atomic E-state index is -4.02. The maximum absolute atomic E-state index is 13.8. The molecule has 1 aliphatic rings. The number of hydrogen-bond acceptors (Lipinski definition) is 5. The van der Waals surface area contributed by atoms with Crippen LogP contribution < -0.4 is 5.32 Å². The lowest BCUT2D eigenvalue weighted by Gasteiger charge is -2.35. The molecule has 2 aromatic carbocycles. The summed E-state index contributed by atoms with van der Waals surface area (Å²) in [5.74, 6) is -0.106. The lowest BCUT2D eigenvalue weighted by molar-refractivity contribution is -0.114. The van der Waals surface area contributed by atoms with E-state index in [2.05, 4.69) is 11.9 Å². The number of carboxylic acid groups (broad SMARTS) is 1. The normalized spacial score (nSPS) is 15.7. The molecule has 2 amide bonds. The highest BCUT2D eigenvalue weighted by Crippen LogP contribution is 2.29. The lowest BCUT2D eigenvalue weighted by Crippen LogP contribution is -2.52. The Hall–Kier alpha value is -3.21. The molecule has 0 aliphatic heterocycles. The van der Waals surface area contributed by atoms with Gasteiger partial charge in [-0.1, -0.05) is 49.2 Å². The third-order valence-electron chi connectivity index (χ3n) is 6.84. The van der Waals surface area contributed by atoms with Crippen molar-refractivity contribution in [3.63, 3.8) is 0 Å². The highest BCUT2D eigenvalue weighted by Gasteiger charge is 2.35. The highest BCUT2D eigenvalue weighted by atomic mass is 32.2. The number of carbonyl (C=O) groups is 2. The molecule has 0 bridgehead atoms. The standard InChI is InChI=1S/C28H37N3O6S/c1-3-17-31(28(34)35)26(18-22-9-5-4-6-10-22)27(33)20-30(19-23-11-7-8-12-23)38(36,37)25-15-13-24(14-16-25)29-21(2)32/h3-6,9-10,13-16,23,26-27,33H,1,7-8,11-12,17-20H2,2H3,(H,29,32)(H,34,35)/t26-,27+/m0/s1. The number of aliphatic hydroxyl groups excluding tert-OH is 1. The van der Waals surface area contributed by atoms with Gasteiger partial charge in [0.1, 0.15) is 0 Å². The van der Waals surface area contributed by atoms with E-state index in [-0.39, 0.29) is 42.8 Å². The van der Waals surface area contributed by atoms with E-state index in [0.29, 0.717) is 5.69 Å². The SMILES string of the molecule is C=CCN(C(=O)O)[C@@H](Cc1ccccc1)[C@H](O)CN(CC1CCCC1)S(=O)(=O)c1ccc(NC(C)=O)cc1. The van der Waals surface area contributed by atoms with Crippen LogP contribution in [0, 0.1) is 5.92 Å². The number of rotatable bonds is 13. The first-order chi connectivity index (χ1) is 18.1. The van der Waals surface area contributed by atoms with Crippen LogP contribution in [0.2, 0.25) is 0 Å². The summed E-state index contributed by atoms with van der Waals surface area (Å²) in [4.78, 5) is 24.6.